The van der Waals surface area contributed by atoms with Crippen molar-refractivity contribution in [3.05, 3.63) is 69.5 Å². The monoisotopic (exact) mass is 358 g/mol. The largest absolute Gasteiger partial charge is 0.364 e. The fraction of sp³-hybridized carbons (Fsp3) is 0.167. The lowest BCUT2D eigenvalue weighted by molar-refractivity contribution is 0.907. The molecule has 0 unspecified atom stereocenters. The molecule has 4 nitrogen and oxygen atoms in total. The first kappa shape index (κ1) is 16.7. The lowest BCUT2D eigenvalue weighted by Crippen LogP contribution is -2.07. The van der Waals surface area contributed by atoms with Crippen LogP contribution in [0, 0.1) is 13.8 Å². The van der Waals surface area contributed by atoms with Crippen LogP contribution in [-0.2, 0) is 6.54 Å². The van der Waals surface area contributed by atoms with Crippen molar-refractivity contribution in [2.45, 2.75) is 20.4 Å². The number of nitrogens with zero attached hydrogens (tertiary/aromatic N) is 3. The molecule has 3 rings (SSSR count). The molecule has 1 N–H and O–H groups in total. The van der Waals surface area contributed by atoms with Crippen molar-refractivity contribution in [1.29, 1.82) is 0 Å². The van der Waals surface area contributed by atoms with Crippen molar-refractivity contribution in [1.82, 2.24) is 15.2 Å². The summed E-state index contributed by atoms with van der Waals surface area (Å²) in [5, 5.41) is 12.6. The summed E-state index contributed by atoms with van der Waals surface area (Å²) < 4.78 is 0. The molecule has 2 aromatic carbocycles. The zero-order valence-electron chi connectivity index (χ0n) is 13.3. The van der Waals surface area contributed by atoms with Gasteiger partial charge < -0.3 is 5.32 Å². The van der Waals surface area contributed by atoms with Crippen LogP contribution in [-0.4, -0.2) is 15.2 Å². The third-order valence-electron chi connectivity index (χ3n) is 3.52. The Hall–Kier alpha value is -2.17. The van der Waals surface area contributed by atoms with E-state index >= 15 is 0 Å². The number of nitrogens with one attached hydrogen (secondary N) is 1. The van der Waals surface area contributed by atoms with Gasteiger partial charge in [-0.1, -0.05) is 53.5 Å². The number of benzene rings is 2. The molecule has 1 aromatic heterocycles. The summed E-state index contributed by atoms with van der Waals surface area (Å²) in [7, 11) is 0. The molecular formula is C18H16Cl2N4. The quantitative estimate of drug-likeness (QED) is 0.706. The van der Waals surface area contributed by atoms with Crippen molar-refractivity contribution in [2.75, 3.05) is 5.32 Å². The average molecular weight is 359 g/mol. The Bertz CT molecular complexity index is 866. The topological polar surface area (TPSA) is 50.7 Å². The summed E-state index contributed by atoms with van der Waals surface area (Å²) in [5.41, 5.74) is 3.45. The Morgan fingerprint density at radius 2 is 1.75 bits per heavy atom. The summed E-state index contributed by atoms with van der Waals surface area (Å²) in [4.78, 5) is 4.48. The van der Waals surface area contributed by atoms with Crippen LogP contribution < -0.4 is 5.32 Å². The van der Waals surface area contributed by atoms with E-state index in [9.17, 15) is 0 Å². The van der Waals surface area contributed by atoms with Gasteiger partial charge in [-0.25, -0.2) is 4.98 Å². The van der Waals surface area contributed by atoms with Crippen molar-refractivity contribution < 1.29 is 0 Å². The van der Waals surface area contributed by atoms with E-state index in [1.165, 1.54) is 0 Å². The van der Waals surface area contributed by atoms with Gasteiger partial charge in [-0.15, -0.1) is 10.2 Å². The van der Waals surface area contributed by atoms with Crippen LogP contribution in [0.5, 0.6) is 0 Å². The molecule has 0 aliphatic rings. The summed E-state index contributed by atoms with van der Waals surface area (Å²) in [6, 6.07) is 13.8. The third-order valence-corrected chi connectivity index (χ3v) is 4.33. The van der Waals surface area contributed by atoms with Crippen molar-refractivity contribution in [3.8, 4) is 11.3 Å². The number of hydrogen-bond acceptors (Lipinski definition) is 4. The van der Waals surface area contributed by atoms with Crippen LogP contribution in [0.15, 0.2) is 42.5 Å². The number of anilines is 1. The van der Waals surface area contributed by atoms with Crippen LogP contribution >= 0.6 is 23.2 Å². The van der Waals surface area contributed by atoms with Crippen LogP contribution in [0.2, 0.25) is 10.0 Å². The minimum absolute atomic E-state index is 0.449. The molecule has 1 heterocycles. The lowest BCUT2D eigenvalue weighted by Gasteiger charge is -2.13. The van der Waals surface area contributed by atoms with Gasteiger partial charge in [-0.05, 0) is 37.1 Å². The van der Waals surface area contributed by atoms with Gasteiger partial charge in [0.1, 0.15) is 11.5 Å². The van der Waals surface area contributed by atoms with Gasteiger partial charge in [0, 0.05) is 12.1 Å². The Labute approximate surface area is 150 Å². The van der Waals surface area contributed by atoms with Crippen LogP contribution in [0.4, 0.5) is 5.82 Å². The summed E-state index contributed by atoms with van der Waals surface area (Å²) in [6.07, 6.45) is 0. The molecule has 0 aliphatic heterocycles. The normalized spacial score (nSPS) is 10.7. The first-order chi connectivity index (χ1) is 11.5. The number of aromatic nitrogens is 3. The molecule has 24 heavy (non-hydrogen) atoms. The van der Waals surface area contributed by atoms with Crippen molar-refractivity contribution in [3.63, 3.8) is 0 Å². The first-order valence-corrected chi connectivity index (χ1v) is 8.25. The second kappa shape index (κ2) is 7.16. The molecule has 0 atom stereocenters. The van der Waals surface area contributed by atoms with E-state index < -0.39 is 0 Å². The molecule has 6 heteroatoms. The summed E-state index contributed by atoms with van der Waals surface area (Å²) >= 11 is 12.6. The van der Waals surface area contributed by atoms with E-state index in [2.05, 4.69) is 20.5 Å². The molecule has 0 bridgehead atoms. The maximum absolute atomic E-state index is 6.37. The highest BCUT2D eigenvalue weighted by atomic mass is 35.5. The molecule has 0 amide bonds. The maximum Gasteiger partial charge on any atom is 0.157 e. The number of halogens is 2. The molecular weight excluding hydrogens is 343 g/mol. The number of hydrogen-bond donors (Lipinski definition) is 1. The fourth-order valence-corrected chi connectivity index (χ4v) is 2.86. The van der Waals surface area contributed by atoms with E-state index in [1.807, 2.05) is 49.4 Å². The Balaban J connectivity index is 2.00. The second-order valence-corrected chi connectivity index (χ2v) is 6.29. The van der Waals surface area contributed by atoms with Gasteiger partial charge in [-0.2, -0.15) is 0 Å². The third kappa shape index (κ3) is 3.66. The van der Waals surface area contributed by atoms with Crippen LogP contribution in [0.3, 0.4) is 0 Å². The van der Waals surface area contributed by atoms with E-state index in [0.717, 1.165) is 16.7 Å². The first-order valence-electron chi connectivity index (χ1n) is 7.49. The lowest BCUT2D eigenvalue weighted by atomic mass is 10.1. The molecule has 0 spiro atoms. The zero-order valence-corrected chi connectivity index (χ0v) is 14.9. The van der Waals surface area contributed by atoms with E-state index in [0.29, 0.717) is 33.9 Å². The molecule has 0 radical (unpaired) electrons. The van der Waals surface area contributed by atoms with E-state index in [4.69, 9.17) is 23.2 Å². The zero-order chi connectivity index (χ0) is 17.1. The molecule has 0 fully saturated rings. The second-order valence-electron chi connectivity index (χ2n) is 5.50. The minimum Gasteiger partial charge on any atom is -0.364 e. The minimum atomic E-state index is 0.449. The van der Waals surface area contributed by atoms with E-state index in [1.54, 1.807) is 6.92 Å². The number of rotatable bonds is 4. The highest BCUT2D eigenvalue weighted by Crippen LogP contribution is 2.36. The van der Waals surface area contributed by atoms with Crippen LogP contribution in [0.25, 0.3) is 11.3 Å². The molecule has 3 aromatic rings. The van der Waals surface area contributed by atoms with Gasteiger partial charge in [0.25, 0.3) is 0 Å². The average Bonchev–Trinajstić information content (AvgIpc) is 2.57. The number of aryl methyl sites for hydroxylation is 2. The van der Waals surface area contributed by atoms with Gasteiger partial charge in [0.2, 0.25) is 0 Å². The molecule has 122 valence electrons. The SMILES string of the molecule is Cc1cc(Cl)c(Cl)c(-c2nnc(C)nc2NCc2ccccc2)c1. The summed E-state index contributed by atoms with van der Waals surface area (Å²) in [6.45, 7) is 4.39. The molecule has 0 saturated carbocycles. The van der Waals surface area contributed by atoms with Gasteiger partial charge in [-0.3, -0.25) is 0 Å². The molecule has 0 aliphatic carbocycles. The predicted molar refractivity (Wildman–Crippen MR) is 98.5 cm³/mol. The van der Waals surface area contributed by atoms with E-state index in [-0.39, 0.29) is 0 Å². The Morgan fingerprint density at radius 1 is 1.00 bits per heavy atom. The standard InChI is InChI=1S/C18H16Cl2N4/c1-11-8-14(16(20)15(19)9-11)17-18(22-12(2)23-24-17)21-10-13-6-4-3-5-7-13/h3-9H,10H2,1-2H3,(H,21,22,23). The van der Waals surface area contributed by atoms with Crippen molar-refractivity contribution in [2.24, 2.45) is 0 Å². The smallest absolute Gasteiger partial charge is 0.157 e. The highest BCUT2D eigenvalue weighted by molar-refractivity contribution is 6.43. The highest BCUT2D eigenvalue weighted by Gasteiger charge is 2.16. The van der Waals surface area contributed by atoms with Crippen LogP contribution in [0.1, 0.15) is 17.0 Å². The van der Waals surface area contributed by atoms with Gasteiger partial charge in [0.05, 0.1) is 10.0 Å². The van der Waals surface area contributed by atoms with Gasteiger partial charge >= 0.3 is 0 Å². The maximum atomic E-state index is 6.37. The van der Waals surface area contributed by atoms with Crippen molar-refractivity contribution >= 4 is 29.0 Å². The molecule has 0 saturated heterocycles. The van der Waals surface area contributed by atoms with Gasteiger partial charge in [0.15, 0.2) is 5.82 Å². The summed E-state index contributed by atoms with van der Waals surface area (Å²) in [5.74, 6) is 1.22. The Morgan fingerprint density at radius 3 is 2.50 bits per heavy atom. The predicted octanol–water partition coefficient (Wildman–Crippen LogP) is 5.07. The fourth-order valence-electron chi connectivity index (χ4n) is 2.39. The Kier molecular flexibility index (Phi) is 4.97.